The molecular formula is C30H49N3O7S. The number of carboxylic acid groups (broad SMARTS) is 1. The highest BCUT2D eigenvalue weighted by Gasteiger charge is 2.26. The summed E-state index contributed by atoms with van der Waals surface area (Å²) in [6.45, 7) is 7.99. The SMILES string of the molecule is CCCCCC(CC(=O)CCc1ccc(O)c(OC)c1)SCC(NC(=O)CCC(N)C(=O)O)C(=O)NC(C)C(C)C. The van der Waals surface area contributed by atoms with E-state index in [9.17, 15) is 24.3 Å². The minimum absolute atomic E-state index is 0.0152. The number of aromatic hydroxyl groups is 1. The van der Waals surface area contributed by atoms with E-state index in [1.807, 2.05) is 20.8 Å². The maximum atomic E-state index is 13.1. The molecule has 0 aliphatic rings. The zero-order chi connectivity index (χ0) is 30.9. The number of hydrogen-bond donors (Lipinski definition) is 5. The number of carboxylic acids is 1. The van der Waals surface area contributed by atoms with Crippen molar-refractivity contribution < 1.29 is 34.1 Å². The summed E-state index contributed by atoms with van der Waals surface area (Å²) in [4.78, 5) is 49.7. The van der Waals surface area contributed by atoms with Gasteiger partial charge >= 0.3 is 5.97 Å². The van der Waals surface area contributed by atoms with Crippen molar-refractivity contribution in [3.05, 3.63) is 23.8 Å². The molecule has 2 amide bonds. The molecule has 0 saturated heterocycles. The van der Waals surface area contributed by atoms with Gasteiger partial charge in [0.1, 0.15) is 17.9 Å². The zero-order valence-corrected chi connectivity index (χ0v) is 25.9. The Kier molecular flexibility index (Phi) is 17.1. The van der Waals surface area contributed by atoms with Crippen LogP contribution in [0.4, 0.5) is 0 Å². The molecule has 0 aliphatic heterocycles. The number of methoxy groups -OCH3 is 1. The number of carbonyl (C=O) groups excluding carboxylic acids is 3. The fourth-order valence-corrected chi connectivity index (χ4v) is 5.30. The molecular weight excluding hydrogens is 546 g/mol. The van der Waals surface area contributed by atoms with E-state index in [2.05, 4.69) is 17.6 Å². The Balaban J connectivity index is 2.88. The Labute approximate surface area is 248 Å². The van der Waals surface area contributed by atoms with E-state index >= 15 is 0 Å². The Morgan fingerprint density at radius 2 is 1.76 bits per heavy atom. The number of unbranched alkanes of at least 4 members (excludes halogenated alkanes) is 2. The number of benzene rings is 1. The van der Waals surface area contributed by atoms with Gasteiger partial charge in [-0.15, -0.1) is 0 Å². The Hall–Kier alpha value is -2.79. The highest BCUT2D eigenvalue weighted by Crippen LogP contribution is 2.28. The summed E-state index contributed by atoms with van der Waals surface area (Å²) < 4.78 is 5.15. The highest BCUT2D eigenvalue weighted by molar-refractivity contribution is 8.00. The molecule has 0 spiro atoms. The number of aryl methyl sites for hydroxylation is 1. The van der Waals surface area contributed by atoms with Crippen molar-refractivity contribution in [2.45, 2.75) is 109 Å². The van der Waals surface area contributed by atoms with Gasteiger partial charge in [0, 0.05) is 36.3 Å². The molecule has 0 fully saturated rings. The van der Waals surface area contributed by atoms with E-state index in [1.54, 1.807) is 18.2 Å². The van der Waals surface area contributed by atoms with Crippen LogP contribution in [0, 0.1) is 5.92 Å². The van der Waals surface area contributed by atoms with Gasteiger partial charge in [0.15, 0.2) is 11.5 Å². The summed E-state index contributed by atoms with van der Waals surface area (Å²) in [5.74, 6) is -0.933. The van der Waals surface area contributed by atoms with Crippen LogP contribution in [0.1, 0.15) is 84.6 Å². The second-order valence-corrected chi connectivity index (χ2v) is 12.2. The predicted molar refractivity (Wildman–Crippen MR) is 162 cm³/mol. The average molecular weight is 596 g/mol. The largest absolute Gasteiger partial charge is 0.504 e. The molecule has 11 heteroatoms. The van der Waals surface area contributed by atoms with Crippen LogP contribution in [0.3, 0.4) is 0 Å². The molecule has 1 aromatic rings. The number of hydrogen-bond acceptors (Lipinski definition) is 8. The molecule has 1 aromatic carbocycles. The van der Waals surface area contributed by atoms with Crippen molar-refractivity contribution >= 4 is 35.3 Å². The van der Waals surface area contributed by atoms with Crippen LogP contribution in [-0.4, -0.2) is 70.0 Å². The minimum atomic E-state index is -1.18. The summed E-state index contributed by atoms with van der Waals surface area (Å²) in [5, 5.41) is 24.5. The third kappa shape index (κ3) is 14.6. The number of phenolic OH excluding ortho intramolecular Hbond substituents is 1. The van der Waals surface area contributed by atoms with E-state index in [4.69, 9.17) is 15.6 Å². The number of ether oxygens (including phenoxy) is 1. The predicted octanol–water partition coefficient (Wildman–Crippen LogP) is 3.81. The zero-order valence-electron chi connectivity index (χ0n) is 25.1. The van der Waals surface area contributed by atoms with Crippen molar-refractivity contribution in [1.29, 1.82) is 0 Å². The molecule has 0 aliphatic carbocycles. The fraction of sp³-hybridized carbons (Fsp3) is 0.667. The van der Waals surface area contributed by atoms with Gasteiger partial charge < -0.3 is 31.3 Å². The summed E-state index contributed by atoms with van der Waals surface area (Å²) >= 11 is 1.50. The molecule has 232 valence electrons. The molecule has 10 nitrogen and oxygen atoms in total. The second kappa shape index (κ2) is 19.4. The minimum Gasteiger partial charge on any atom is -0.504 e. The van der Waals surface area contributed by atoms with Crippen molar-refractivity contribution in [2.75, 3.05) is 12.9 Å². The first kappa shape index (κ1) is 36.2. The second-order valence-electron chi connectivity index (χ2n) is 10.8. The van der Waals surface area contributed by atoms with Gasteiger partial charge in [0.05, 0.1) is 7.11 Å². The van der Waals surface area contributed by atoms with E-state index < -0.39 is 24.0 Å². The molecule has 4 atom stereocenters. The van der Waals surface area contributed by atoms with Crippen LogP contribution < -0.4 is 21.1 Å². The summed E-state index contributed by atoms with van der Waals surface area (Å²) in [5.41, 5.74) is 6.42. The number of phenols is 1. The lowest BCUT2D eigenvalue weighted by Crippen LogP contribution is -2.51. The number of nitrogens with two attached hydrogens (primary N) is 1. The van der Waals surface area contributed by atoms with Crippen molar-refractivity contribution in [3.8, 4) is 11.5 Å². The lowest BCUT2D eigenvalue weighted by molar-refractivity contribution is -0.139. The quantitative estimate of drug-likeness (QED) is 0.133. The number of nitrogens with one attached hydrogen (secondary N) is 2. The molecule has 6 N–H and O–H groups in total. The number of amides is 2. The van der Waals surface area contributed by atoms with Gasteiger partial charge in [-0.2, -0.15) is 11.8 Å². The third-order valence-corrected chi connectivity index (χ3v) is 8.44. The van der Waals surface area contributed by atoms with Crippen LogP contribution in [0.2, 0.25) is 0 Å². The number of thioether (sulfide) groups is 1. The molecule has 0 heterocycles. The normalized spacial score (nSPS) is 14.1. The molecule has 41 heavy (non-hydrogen) atoms. The maximum absolute atomic E-state index is 13.1. The molecule has 0 radical (unpaired) electrons. The number of carbonyl (C=O) groups is 4. The van der Waals surface area contributed by atoms with Crippen molar-refractivity contribution in [2.24, 2.45) is 11.7 Å². The van der Waals surface area contributed by atoms with Crippen molar-refractivity contribution in [1.82, 2.24) is 10.6 Å². The van der Waals surface area contributed by atoms with Crippen LogP contribution in [0.5, 0.6) is 11.5 Å². The molecule has 4 unspecified atom stereocenters. The number of ketones is 1. The summed E-state index contributed by atoms with van der Waals surface area (Å²) in [7, 11) is 1.48. The van der Waals surface area contributed by atoms with Gasteiger partial charge in [-0.1, -0.05) is 46.1 Å². The van der Waals surface area contributed by atoms with Gasteiger partial charge in [0.2, 0.25) is 11.8 Å². The maximum Gasteiger partial charge on any atom is 0.320 e. The van der Waals surface area contributed by atoms with E-state index in [0.717, 1.165) is 31.2 Å². The Morgan fingerprint density at radius 3 is 2.37 bits per heavy atom. The van der Waals surface area contributed by atoms with Gasteiger partial charge in [-0.05, 0) is 49.8 Å². The summed E-state index contributed by atoms with van der Waals surface area (Å²) in [6.07, 6.45) is 4.92. The monoisotopic (exact) mass is 595 g/mol. The van der Waals surface area contributed by atoms with E-state index in [1.165, 1.54) is 18.9 Å². The molecule has 0 saturated carbocycles. The first-order valence-corrected chi connectivity index (χ1v) is 15.5. The van der Waals surface area contributed by atoms with Gasteiger partial charge in [-0.3, -0.25) is 19.2 Å². The fourth-order valence-electron chi connectivity index (χ4n) is 3.97. The van der Waals surface area contributed by atoms with Gasteiger partial charge in [0.25, 0.3) is 0 Å². The first-order valence-electron chi connectivity index (χ1n) is 14.4. The average Bonchev–Trinajstić information content (AvgIpc) is 2.92. The topological polar surface area (TPSA) is 168 Å². The summed E-state index contributed by atoms with van der Waals surface area (Å²) in [6, 6.07) is 2.96. The van der Waals surface area contributed by atoms with Crippen LogP contribution in [0.25, 0.3) is 0 Å². The smallest absolute Gasteiger partial charge is 0.320 e. The van der Waals surface area contributed by atoms with Crippen LogP contribution >= 0.6 is 11.8 Å². The number of Topliss-reactive ketones (excluding diaryl/α,β-unsaturated/α-hetero) is 1. The van der Waals surface area contributed by atoms with E-state index in [0.29, 0.717) is 25.0 Å². The lowest BCUT2D eigenvalue weighted by Gasteiger charge is -2.25. The molecule has 0 bridgehead atoms. The third-order valence-electron chi connectivity index (χ3n) is 7.04. The van der Waals surface area contributed by atoms with E-state index in [-0.39, 0.29) is 53.2 Å². The first-order chi connectivity index (χ1) is 19.4. The van der Waals surface area contributed by atoms with Crippen LogP contribution in [-0.2, 0) is 25.6 Å². The highest BCUT2D eigenvalue weighted by atomic mass is 32.2. The molecule has 1 rings (SSSR count). The Bertz CT molecular complexity index is 989. The molecule has 0 aromatic heterocycles. The van der Waals surface area contributed by atoms with Crippen molar-refractivity contribution in [3.63, 3.8) is 0 Å². The number of rotatable bonds is 21. The standard InChI is InChI=1S/C30H49N3O7S/c1-6-7-8-9-23(17-22(34)12-10-21-11-14-26(35)27(16-21)40-5)41-18-25(29(37)32-20(4)19(2)3)33-28(36)15-13-24(31)30(38)39/h11,14,16,19-20,23-25,35H,6-10,12-13,15,17-18,31H2,1-5H3,(H,32,37)(H,33,36)(H,38,39). The Morgan fingerprint density at radius 1 is 1.05 bits per heavy atom. The van der Waals surface area contributed by atoms with Crippen LogP contribution in [0.15, 0.2) is 18.2 Å². The number of aliphatic carboxylic acids is 1. The lowest BCUT2D eigenvalue weighted by atomic mass is 10.0. The van der Waals surface area contributed by atoms with Gasteiger partial charge in [-0.25, -0.2) is 0 Å².